The lowest BCUT2D eigenvalue weighted by Gasteiger charge is -2.30. The second kappa shape index (κ2) is 7.87. The number of methoxy groups -OCH3 is 1. The van der Waals surface area contributed by atoms with Crippen LogP contribution in [-0.2, 0) is 10.2 Å². The van der Waals surface area contributed by atoms with Crippen molar-refractivity contribution in [2.24, 2.45) is 0 Å². The molecule has 1 aliphatic heterocycles. The van der Waals surface area contributed by atoms with E-state index in [4.69, 9.17) is 4.74 Å². The van der Waals surface area contributed by atoms with Gasteiger partial charge in [-0.15, -0.1) is 11.8 Å². The summed E-state index contributed by atoms with van der Waals surface area (Å²) >= 11 is 1.44. The number of benzene rings is 2. The van der Waals surface area contributed by atoms with Crippen molar-refractivity contribution in [2.45, 2.75) is 37.6 Å². The average molecular weight is 399 g/mol. The lowest BCUT2D eigenvalue weighted by atomic mass is 9.86. The molecule has 1 heterocycles. The van der Waals surface area contributed by atoms with Crippen LogP contribution in [-0.4, -0.2) is 35.7 Å². The molecule has 1 aliphatic rings. The Morgan fingerprint density at radius 2 is 1.68 bits per heavy atom. The molecule has 1 amide bonds. The molecule has 2 atom stereocenters. The molecule has 0 aromatic heterocycles. The number of amides is 1. The first-order chi connectivity index (χ1) is 13.2. The maximum absolute atomic E-state index is 13.2. The number of carbonyl (C=O) groups excluding carboxylic acids is 2. The lowest BCUT2D eigenvalue weighted by molar-refractivity contribution is -0.310. The Hall–Kier alpha value is -2.47. The number of nitrogens with zero attached hydrogens (tertiary/aromatic N) is 1. The molecule has 6 heteroatoms. The molecule has 0 N–H and O–H groups in total. The van der Waals surface area contributed by atoms with Crippen molar-refractivity contribution in [3.05, 3.63) is 65.2 Å². The molecule has 5 nitrogen and oxygen atoms in total. The fourth-order valence-electron chi connectivity index (χ4n) is 3.22. The van der Waals surface area contributed by atoms with Crippen molar-refractivity contribution in [1.82, 2.24) is 4.90 Å². The van der Waals surface area contributed by atoms with Crippen LogP contribution < -0.4 is 9.84 Å². The van der Waals surface area contributed by atoms with Gasteiger partial charge in [0.2, 0.25) is 0 Å². The van der Waals surface area contributed by atoms with Gasteiger partial charge in [-0.3, -0.25) is 4.79 Å². The summed E-state index contributed by atoms with van der Waals surface area (Å²) in [6, 6.07) is 13.7. The van der Waals surface area contributed by atoms with Gasteiger partial charge in [0.1, 0.15) is 11.1 Å². The molecule has 2 aromatic carbocycles. The number of carboxylic acid groups (broad SMARTS) is 1. The Kier molecular flexibility index (Phi) is 5.70. The van der Waals surface area contributed by atoms with Crippen LogP contribution >= 0.6 is 11.8 Å². The third-order valence-electron chi connectivity index (χ3n) is 4.91. The summed E-state index contributed by atoms with van der Waals surface area (Å²) in [5, 5.41) is 11.3. The summed E-state index contributed by atoms with van der Waals surface area (Å²) in [6.45, 7) is 6.41. The molecule has 3 rings (SSSR count). The minimum absolute atomic E-state index is 0.0213. The first-order valence-corrected chi connectivity index (χ1v) is 10.2. The highest BCUT2D eigenvalue weighted by Crippen LogP contribution is 2.42. The summed E-state index contributed by atoms with van der Waals surface area (Å²) < 4.78 is 5.13. The number of carbonyl (C=O) groups is 2. The third kappa shape index (κ3) is 4.02. The predicted octanol–water partition coefficient (Wildman–Crippen LogP) is 3.00. The first-order valence-electron chi connectivity index (χ1n) is 9.12. The van der Waals surface area contributed by atoms with Gasteiger partial charge in [-0.1, -0.05) is 45.0 Å². The second-order valence-corrected chi connectivity index (χ2v) is 8.95. The van der Waals surface area contributed by atoms with E-state index in [1.54, 1.807) is 31.4 Å². The van der Waals surface area contributed by atoms with E-state index in [2.05, 4.69) is 20.8 Å². The summed E-state index contributed by atoms with van der Waals surface area (Å²) in [6.07, 6.45) is 0. The number of carboxylic acids is 1. The highest BCUT2D eigenvalue weighted by molar-refractivity contribution is 7.99. The molecule has 148 valence electrons. The molecule has 28 heavy (non-hydrogen) atoms. The number of rotatable bonds is 4. The van der Waals surface area contributed by atoms with Crippen LogP contribution in [0.1, 0.15) is 47.6 Å². The molecule has 0 aliphatic carbocycles. The van der Waals surface area contributed by atoms with Crippen molar-refractivity contribution in [3.8, 4) is 5.75 Å². The van der Waals surface area contributed by atoms with Gasteiger partial charge in [-0.2, -0.15) is 0 Å². The minimum atomic E-state index is -1.23. The quantitative estimate of drug-likeness (QED) is 0.792. The van der Waals surface area contributed by atoms with E-state index in [-0.39, 0.29) is 16.7 Å². The van der Waals surface area contributed by atoms with Gasteiger partial charge < -0.3 is 19.5 Å². The fraction of sp³-hybridized carbons (Fsp3) is 0.364. The van der Waals surface area contributed by atoms with Crippen LogP contribution in [0.4, 0.5) is 0 Å². The minimum Gasteiger partial charge on any atom is -0.548 e. The van der Waals surface area contributed by atoms with E-state index >= 15 is 0 Å². The number of ether oxygens (including phenoxy) is 1. The molecule has 0 saturated carbocycles. The zero-order valence-electron chi connectivity index (χ0n) is 16.5. The van der Waals surface area contributed by atoms with E-state index in [9.17, 15) is 14.7 Å². The lowest BCUT2D eigenvalue weighted by Crippen LogP contribution is -2.49. The highest BCUT2D eigenvalue weighted by atomic mass is 32.2. The van der Waals surface area contributed by atoms with Crippen molar-refractivity contribution in [1.29, 1.82) is 0 Å². The van der Waals surface area contributed by atoms with Gasteiger partial charge in [-0.25, -0.2) is 0 Å². The maximum atomic E-state index is 13.2. The van der Waals surface area contributed by atoms with Crippen molar-refractivity contribution in [3.63, 3.8) is 0 Å². The van der Waals surface area contributed by atoms with Gasteiger partial charge in [0.25, 0.3) is 5.91 Å². The molecular weight excluding hydrogens is 374 g/mol. The summed E-state index contributed by atoms with van der Waals surface area (Å²) in [5.74, 6) is -0.622. The van der Waals surface area contributed by atoms with Crippen LogP contribution in [0.3, 0.4) is 0 Å². The first kappa shape index (κ1) is 20.3. The molecule has 0 radical (unpaired) electrons. The Balaban J connectivity index is 1.93. The third-order valence-corrected chi connectivity index (χ3v) is 6.23. The number of aliphatic carboxylic acids is 1. The van der Waals surface area contributed by atoms with Gasteiger partial charge in [0.15, 0.2) is 0 Å². The average Bonchev–Trinajstić information content (AvgIpc) is 3.12. The smallest absolute Gasteiger partial charge is 0.255 e. The molecule has 0 unspecified atom stereocenters. The Labute approximate surface area is 169 Å². The predicted molar refractivity (Wildman–Crippen MR) is 108 cm³/mol. The Bertz CT molecular complexity index is 856. The second-order valence-electron chi connectivity index (χ2n) is 7.83. The van der Waals surface area contributed by atoms with Gasteiger partial charge in [0.05, 0.1) is 19.1 Å². The van der Waals surface area contributed by atoms with E-state index in [0.29, 0.717) is 17.1 Å². The van der Waals surface area contributed by atoms with Gasteiger partial charge >= 0.3 is 0 Å². The number of hydrogen-bond donors (Lipinski definition) is 0. The highest BCUT2D eigenvalue weighted by Gasteiger charge is 2.39. The molecule has 0 bridgehead atoms. The van der Waals surface area contributed by atoms with Crippen LogP contribution in [0.2, 0.25) is 0 Å². The van der Waals surface area contributed by atoms with Crippen LogP contribution in [0.25, 0.3) is 0 Å². The van der Waals surface area contributed by atoms with E-state index in [1.807, 2.05) is 24.3 Å². The standard InChI is InChI=1S/C22H25NO4S/c1-22(2,3)16-9-5-15(6-10-16)20-23(18(13-28-20)21(25)26)19(24)14-7-11-17(27-4)12-8-14/h5-12,18,20H,13H2,1-4H3,(H,25,26)/p-1/t18-,20-/m1/s1. The van der Waals surface area contributed by atoms with Crippen molar-refractivity contribution >= 4 is 23.6 Å². The topological polar surface area (TPSA) is 69.7 Å². The van der Waals surface area contributed by atoms with E-state index < -0.39 is 12.0 Å². The summed E-state index contributed by atoms with van der Waals surface area (Å²) in [5.41, 5.74) is 2.53. The van der Waals surface area contributed by atoms with Gasteiger partial charge in [-0.05, 0) is 40.8 Å². The largest absolute Gasteiger partial charge is 0.548 e. The molecule has 1 fully saturated rings. The zero-order valence-corrected chi connectivity index (χ0v) is 17.3. The maximum Gasteiger partial charge on any atom is 0.255 e. The van der Waals surface area contributed by atoms with Crippen LogP contribution in [0, 0.1) is 0 Å². The summed E-state index contributed by atoms with van der Waals surface area (Å²) in [4.78, 5) is 26.2. The van der Waals surface area contributed by atoms with Crippen molar-refractivity contribution < 1.29 is 19.4 Å². The Morgan fingerprint density at radius 1 is 1.07 bits per heavy atom. The van der Waals surface area contributed by atoms with E-state index in [0.717, 1.165) is 5.56 Å². The molecule has 2 aromatic rings. The van der Waals surface area contributed by atoms with Gasteiger partial charge in [0, 0.05) is 11.3 Å². The van der Waals surface area contributed by atoms with Crippen molar-refractivity contribution in [2.75, 3.05) is 12.9 Å². The van der Waals surface area contributed by atoms with E-state index in [1.165, 1.54) is 22.2 Å². The molecular formula is C22H24NO4S-. The SMILES string of the molecule is COc1ccc(C(=O)N2[C@@H](C(=O)[O-])CS[C@@H]2c2ccc(C(C)(C)C)cc2)cc1. The zero-order chi connectivity index (χ0) is 20.5. The Morgan fingerprint density at radius 3 is 2.18 bits per heavy atom. The number of thioether (sulfide) groups is 1. The monoisotopic (exact) mass is 398 g/mol. The summed E-state index contributed by atoms with van der Waals surface area (Å²) in [7, 11) is 1.55. The van der Waals surface area contributed by atoms with Crippen LogP contribution in [0.15, 0.2) is 48.5 Å². The number of hydrogen-bond acceptors (Lipinski definition) is 5. The fourth-order valence-corrected chi connectivity index (χ4v) is 4.64. The molecule has 1 saturated heterocycles. The van der Waals surface area contributed by atoms with Crippen LogP contribution in [0.5, 0.6) is 5.75 Å². The molecule has 0 spiro atoms. The normalized spacial score (nSPS) is 19.5.